The largest absolute Gasteiger partial charge is 0.465 e. The monoisotopic (exact) mass is 255 g/mol. The van der Waals surface area contributed by atoms with Crippen LogP contribution in [0.1, 0.15) is 22.8 Å². The van der Waals surface area contributed by atoms with Crippen LogP contribution in [0.25, 0.3) is 6.08 Å². The third-order valence-corrected chi connectivity index (χ3v) is 2.48. The SMILES string of the molecule is C=N\C=C/C(=C\C)/C=C/c1cccc(C(=O)OC)c1. The van der Waals surface area contributed by atoms with Crippen molar-refractivity contribution in [3.05, 3.63) is 65.4 Å². The summed E-state index contributed by atoms with van der Waals surface area (Å²) < 4.78 is 4.69. The van der Waals surface area contributed by atoms with Crippen molar-refractivity contribution in [1.82, 2.24) is 0 Å². The van der Waals surface area contributed by atoms with E-state index < -0.39 is 0 Å². The number of rotatable bonds is 5. The molecule has 3 heteroatoms. The van der Waals surface area contributed by atoms with E-state index in [0.717, 1.165) is 11.1 Å². The number of ether oxygens (including phenoxy) is 1. The van der Waals surface area contributed by atoms with E-state index in [0.29, 0.717) is 5.56 Å². The summed E-state index contributed by atoms with van der Waals surface area (Å²) in [4.78, 5) is 15.1. The van der Waals surface area contributed by atoms with Gasteiger partial charge in [0.05, 0.1) is 12.7 Å². The van der Waals surface area contributed by atoms with E-state index in [1.54, 1.807) is 18.3 Å². The van der Waals surface area contributed by atoms with Crippen molar-refractivity contribution >= 4 is 18.8 Å². The van der Waals surface area contributed by atoms with Crippen LogP contribution in [0.15, 0.2) is 59.3 Å². The minimum Gasteiger partial charge on any atom is -0.465 e. The molecular formula is C16H17NO2. The summed E-state index contributed by atoms with van der Waals surface area (Å²) >= 11 is 0. The van der Waals surface area contributed by atoms with E-state index in [1.165, 1.54) is 7.11 Å². The lowest BCUT2D eigenvalue weighted by molar-refractivity contribution is 0.0600. The van der Waals surface area contributed by atoms with Gasteiger partial charge in [-0.25, -0.2) is 4.79 Å². The molecule has 0 bridgehead atoms. The summed E-state index contributed by atoms with van der Waals surface area (Å²) in [5.74, 6) is -0.336. The highest BCUT2D eigenvalue weighted by molar-refractivity contribution is 5.90. The minimum absolute atomic E-state index is 0.336. The number of carbonyl (C=O) groups is 1. The number of hydrogen-bond acceptors (Lipinski definition) is 3. The first-order chi connectivity index (χ1) is 9.21. The molecule has 0 saturated heterocycles. The highest BCUT2D eigenvalue weighted by atomic mass is 16.5. The Morgan fingerprint density at radius 2 is 2.16 bits per heavy atom. The molecule has 0 amide bonds. The molecule has 0 radical (unpaired) electrons. The van der Waals surface area contributed by atoms with Gasteiger partial charge in [-0.3, -0.25) is 4.99 Å². The fourth-order valence-corrected chi connectivity index (χ4v) is 1.47. The molecule has 0 N–H and O–H groups in total. The normalized spacial score (nSPS) is 12.0. The maximum atomic E-state index is 11.4. The summed E-state index contributed by atoms with van der Waals surface area (Å²) in [5, 5.41) is 0. The van der Waals surface area contributed by atoms with Crippen molar-refractivity contribution in [2.24, 2.45) is 4.99 Å². The highest BCUT2D eigenvalue weighted by Crippen LogP contribution is 2.10. The van der Waals surface area contributed by atoms with Gasteiger partial charge in [0.2, 0.25) is 0 Å². The van der Waals surface area contributed by atoms with E-state index in [2.05, 4.69) is 16.4 Å². The summed E-state index contributed by atoms with van der Waals surface area (Å²) in [7, 11) is 1.37. The quantitative estimate of drug-likeness (QED) is 0.457. The third kappa shape index (κ3) is 4.76. The first-order valence-corrected chi connectivity index (χ1v) is 5.86. The van der Waals surface area contributed by atoms with E-state index in [9.17, 15) is 4.79 Å². The number of hydrogen-bond donors (Lipinski definition) is 0. The van der Waals surface area contributed by atoms with Crippen LogP contribution in [0.2, 0.25) is 0 Å². The summed E-state index contributed by atoms with van der Waals surface area (Å²) in [6.07, 6.45) is 9.31. The van der Waals surface area contributed by atoms with Crippen molar-refractivity contribution in [2.75, 3.05) is 7.11 Å². The van der Waals surface area contributed by atoms with Crippen LogP contribution >= 0.6 is 0 Å². The van der Waals surface area contributed by atoms with Gasteiger partial charge in [-0.2, -0.15) is 0 Å². The second kappa shape index (κ2) is 7.82. The first kappa shape index (κ1) is 14.6. The molecule has 0 aliphatic heterocycles. The second-order valence-corrected chi connectivity index (χ2v) is 3.74. The Morgan fingerprint density at radius 1 is 1.37 bits per heavy atom. The molecule has 0 aromatic heterocycles. The van der Waals surface area contributed by atoms with Gasteiger partial charge in [0, 0.05) is 6.20 Å². The fraction of sp³-hybridized carbons (Fsp3) is 0.125. The van der Waals surface area contributed by atoms with Crippen LogP contribution in [-0.2, 0) is 4.74 Å². The Kier molecular flexibility index (Phi) is 6.03. The van der Waals surface area contributed by atoms with Crippen molar-refractivity contribution in [1.29, 1.82) is 0 Å². The Bertz CT molecular complexity index is 539. The standard InChI is InChI=1S/C16H17NO2/c1-4-13(10-11-17-2)8-9-14-6-5-7-15(12-14)16(18)19-3/h4-12H,2H2,1,3H3/b9-8+,11-10-,13-4-. The lowest BCUT2D eigenvalue weighted by Gasteiger charge is -2.00. The Morgan fingerprint density at radius 3 is 2.79 bits per heavy atom. The van der Waals surface area contributed by atoms with Crippen LogP contribution < -0.4 is 0 Å². The summed E-state index contributed by atoms with van der Waals surface area (Å²) in [5.41, 5.74) is 2.48. The van der Waals surface area contributed by atoms with E-state index in [4.69, 9.17) is 0 Å². The molecule has 1 aromatic rings. The van der Waals surface area contributed by atoms with Gasteiger partial charge >= 0.3 is 5.97 Å². The van der Waals surface area contributed by atoms with Crippen molar-refractivity contribution in [2.45, 2.75) is 6.92 Å². The summed E-state index contributed by atoms with van der Waals surface area (Å²) in [6, 6.07) is 7.25. The Hall–Kier alpha value is -2.42. The molecular weight excluding hydrogens is 238 g/mol. The van der Waals surface area contributed by atoms with Crippen molar-refractivity contribution in [3.8, 4) is 0 Å². The van der Waals surface area contributed by atoms with Crippen LogP contribution in [0.5, 0.6) is 0 Å². The topological polar surface area (TPSA) is 38.7 Å². The molecule has 0 heterocycles. The fourth-order valence-electron chi connectivity index (χ4n) is 1.47. The molecule has 0 aliphatic carbocycles. The molecule has 0 atom stereocenters. The number of aliphatic imine (C=N–C) groups is 1. The predicted molar refractivity (Wildman–Crippen MR) is 79.3 cm³/mol. The molecule has 0 aliphatic rings. The molecule has 0 fully saturated rings. The van der Waals surface area contributed by atoms with E-state index >= 15 is 0 Å². The number of methoxy groups -OCH3 is 1. The van der Waals surface area contributed by atoms with Gasteiger partial charge in [0.15, 0.2) is 0 Å². The average molecular weight is 255 g/mol. The molecule has 0 spiro atoms. The number of nitrogens with zero attached hydrogens (tertiary/aromatic N) is 1. The van der Waals surface area contributed by atoms with Crippen LogP contribution in [0.3, 0.4) is 0 Å². The maximum absolute atomic E-state index is 11.4. The maximum Gasteiger partial charge on any atom is 0.337 e. The van der Waals surface area contributed by atoms with Gasteiger partial charge in [0.1, 0.15) is 0 Å². The zero-order valence-electron chi connectivity index (χ0n) is 11.2. The van der Waals surface area contributed by atoms with Crippen LogP contribution in [-0.4, -0.2) is 19.8 Å². The molecule has 3 nitrogen and oxygen atoms in total. The van der Waals surface area contributed by atoms with Crippen molar-refractivity contribution in [3.63, 3.8) is 0 Å². The van der Waals surface area contributed by atoms with Gasteiger partial charge in [-0.15, -0.1) is 0 Å². The second-order valence-electron chi connectivity index (χ2n) is 3.74. The Labute approximate surface area is 113 Å². The zero-order valence-corrected chi connectivity index (χ0v) is 11.2. The predicted octanol–water partition coefficient (Wildman–Crippen LogP) is 3.65. The van der Waals surface area contributed by atoms with Crippen LogP contribution in [0, 0.1) is 0 Å². The molecule has 98 valence electrons. The lowest BCUT2D eigenvalue weighted by atomic mass is 10.1. The number of benzene rings is 1. The first-order valence-electron chi connectivity index (χ1n) is 5.86. The highest BCUT2D eigenvalue weighted by Gasteiger charge is 2.03. The smallest absolute Gasteiger partial charge is 0.337 e. The molecule has 0 unspecified atom stereocenters. The van der Waals surface area contributed by atoms with Crippen molar-refractivity contribution < 1.29 is 9.53 Å². The van der Waals surface area contributed by atoms with Gasteiger partial charge in [-0.05, 0) is 43.0 Å². The third-order valence-electron chi connectivity index (χ3n) is 2.48. The number of allylic oxidation sites excluding steroid dienone is 4. The minimum atomic E-state index is -0.336. The lowest BCUT2D eigenvalue weighted by Crippen LogP contribution is -2.00. The molecule has 1 aromatic carbocycles. The summed E-state index contributed by atoms with van der Waals surface area (Å²) in [6.45, 7) is 5.33. The Balaban J connectivity index is 2.90. The van der Waals surface area contributed by atoms with Gasteiger partial charge < -0.3 is 4.74 Å². The van der Waals surface area contributed by atoms with Gasteiger partial charge in [0.25, 0.3) is 0 Å². The number of carbonyl (C=O) groups excluding carboxylic acids is 1. The average Bonchev–Trinajstić information content (AvgIpc) is 2.47. The molecule has 1 rings (SSSR count). The van der Waals surface area contributed by atoms with Crippen LogP contribution in [0.4, 0.5) is 0 Å². The number of esters is 1. The van der Waals surface area contributed by atoms with E-state index in [-0.39, 0.29) is 5.97 Å². The zero-order chi connectivity index (χ0) is 14.1. The molecule has 0 saturated carbocycles. The van der Waals surface area contributed by atoms with Gasteiger partial charge in [-0.1, -0.05) is 30.4 Å². The van der Waals surface area contributed by atoms with E-state index in [1.807, 2.05) is 43.4 Å². The molecule has 19 heavy (non-hydrogen) atoms.